The molecular weight excluding hydrogens is 244 g/mol. The Morgan fingerprint density at radius 3 is 2.84 bits per heavy atom. The standard InChI is InChI=1S/C13H22N4O2/c1-4-6-15-12(18)5-7-14-11-8-13(17-9-16-11)19-10(2)3/h8-10H,4-7H2,1-3H3,(H,15,18)(H,14,16,17). The van der Waals surface area contributed by atoms with Crippen molar-refractivity contribution in [2.75, 3.05) is 18.4 Å². The van der Waals surface area contributed by atoms with Gasteiger partial charge in [-0.15, -0.1) is 0 Å². The van der Waals surface area contributed by atoms with Gasteiger partial charge in [0.1, 0.15) is 12.1 Å². The molecule has 0 bridgehead atoms. The van der Waals surface area contributed by atoms with Crippen LogP contribution in [0.3, 0.4) is 0 Å². The fourth-order valence-corrected chi connectivity index (χ4v) is 1.40. The summed E-state index contributed by atoms with van der Waals surface area (Å²) in [6, 6.07) is 1.73. The fourth-order valence-electron chi connectivity index (χ4n) is 1.40. The maximum Gasteiger partial charge on any atom is 0.221 e. The molecule has 0 aliphatic rings. The Labute approximate surface area is 114 Å². The number of anilines is 1. The molecule has 0 saturated heterocycles. The van der Waals surface area contributed by atoms with E-state index in [0.29, 0.717) is 24.7 Å². The van der Waals surface area contributed by atoms with E-state index in [2.05, 4.69) is 20.6 Å². The van der Waals surface area contributed by atoms with Gasteiger partial charge in [0.05, 0.1) is 6.10 Å². The molecular formula is C13H22N4O2. The smallest absolute Gasteiger partial charge is 0.221 e. The third kappa shape index (κ3) is 6.59. The maximum absolute atomic E-state index is 11.4. The van der Waals surface area contributed by atoms with E-state index in [-0.39, 0.29) is 12.0 Å². The molecule has 106 valence electrons. The Bertz CT molecular complexity index is 396. The Kier molecular flexibility index (Phi) is 6.63. The Hall–Kier alpha value is -1.85. The van der Waals surface area contributed by atoms with E-state index in [1.165, 1.54) is 6.33 Å². The number of nitrogens with one attached hydrogen (secondary N) is 2. The zero-order valence-corrected chi connectivity index (χ0v) is 11.8. The van der Waals surface area contributed by atoms with Gasteiger partial charge in [0.25, 0.3) is 0 Å². The Morgan fingerprint density at radius 2 is 2.16 bits per heavy atom. The Morgan fingerprint density at radius 1 is 1.37 bits per heavy atom. The minimum Gasteiger partial charge on any atom is -0.475 e. The molecule has 0 fully saturated rings. The first-order chi connectivity index (χ1) is 9.11. The third-order valence-corrected chi connectivity index (χ3v) is 2.23. The predicted octanol–water partition coefficient (Wildman–Crippen LogP) is 1.59. The van der Waals surface area contributed by atoms with Gasteiger partial charge >= 0.3 is 0 Å². The SMILES string of the molecule is CCCNC(=O)CCNc1cc(OC(C)C)ncn1. The zero-order valence-electron chi connectivity index (χ0n) is 11.8. The lowest BCUT2D eigenvalue weighted by atomic mass is 10.3. The molecule has 0 saturated carbocycles. The number of amides is 1. The summed E-state index contributed by atoms with van der Waals surface area (Å²) in [5.41, 5.74) is 0. The summed E-state index contributed by atoms with van der Waals surface area (Å²) in [5, 5.41) is 5.89. The van der Waals surface area contributed by atoms with Gasteiger partial charge in [0, 0.05) is 25.6 Å². The van der Waals surface area contributed by atoms with Gasteiger partial charge in [-0.1, -0.05) is 6.92 Å². The highest BCUT2D eigenvalue weighted by molar-refractivity contribution is 5.76. The van der Waals surface area contributed by atoms with Crippen molar-refractivity contribution in [2.24, 2.45) is 0 Å². The molecule has 19 heavy (non-hydrogen) atoms. The van der Waals surface area contributed by atoms with Crippen LogP contribution in [0.5, 0.6) is 5.88 Å². The quantitative estimate of drug-likeness (QED) is 0.747. The number of hydrogen-bond acceptors (Lipinski definition) is 5. The van der Waals surface area contributed by atoms with Crippen LogP contribution in [0.15, 0.2) is 12.4 Å². The molecule has 1 aromatic heterocycles. The van der Waals surface area contributed by atoms with E-state index in [1.54, 1.807) is 6.07 Å². The molecule has 0 radical (unpaired) electrons. The monoisotopic (exact) mass is 266 g/mol. The van der Waals surface area contributed by atoms with Crippen molar-refractivity contribution < 1.29 is 9.53 Å². The summed E-state index contributed by atoms with van der Waals surface area (Å²) < 4.78 is 5.46. The molecule has 0 aliphatic carbocycles. The topological polar surface area (TPSA) is 76.1 Å². The lowest BCUT2D eigenvalue weighted by Crippen LogP contribution is -2.26. The number of rotatable bonds is 8. The van der Waals surface area contributed by atoms with Crippen LogP contribution in [0.1, 0.15) is 33.6 Å². The van der Waals surface area contributed by atoms with Gasteiger partial charge in [0.2, 0.25) is 11.8 Å². The molecule has 0 atom stereocenters. The van der Waals surface area contributed by atoms with Crippen molar-refractivity contribution in [3.8, 4) is 5.88 Å². The highest BCUT2D eigenvalue weighted by Gasteiger charge is 2.03. The molecule has 0 unspecified atom stereocenters. The van der Waals surface area contributed by atoms with Gasteiger partial charge in [-0.2, -0.15) is 0 Å². The molecule has 1 aromatic rings. The molecule has 2 N–H and O–H groups in total. The molecule has 1 heterocycles. The summed E-state index contributed by atoms with van der Waals surface area (Å²) in [5.74, 6) is 1.24. The summed E-state index contributed by atoms with van der Waals surface area (Å²) in [7, 11) is 0. The normalized spacial score (nSPS) is 10.3. The van der Waals surface area contributed by atoms with Crippen LogP contribution < -0.4 is 15.4 Å². The molecule has 0 spiro atoms. The van der Waals surface area contributed by atoms with Crippen LogP contribution in [0, 0.1) is 0 Å². The first kappa shape index (κ1) is 15.2. The molecule has 0 aliphatic heterocycles. The predicted molar refractivity (Wildman–Crippen MR) is 74.2 cm³/mol. The first-order valence-electron chi connectivity index (χ1n) is 6.61. The number of aromatic nitrogens is 2. The largest absolute Gasteiger partial charge is 0.475 e. The van der Waals surface area contributed by atoms with E-state index >= 15 is 0 Å². The number of hydrogen-bond donors (Lipinski definition) is 2. The average Bonchev–Trinajstić information content (AvgIpc) is 2.36. The van der Waals surface area contributed by atoms with Gasteiger partial charge in [-0.25, -0.2) is 9.97 Å². The second kappa shape index (κ2) is 8.29. The van der Waals surface area contributed by atoms with E-state index in [4.69, 9.17) is 4.74 Å². The van der Waals surface area contributed by atoms with Crippen molar-refractivity contribution in [3.05, 3.63) is 12.4 Å². The van der Waals surface area contributed by atoms with Gasteiger partial charge in [-0.3, -0.25) is 4.79 Å². The van der Waals surface area contributed by atoms with E-state index < -0.39 is 0 Å². The molecule has 6 heteroatoms. The highest BCUT2D eigenvalue weighted by Crippen LogP contribution is 2.12. The lowest BCUT2D eigenvalue weighted by molar-refractivity contribution is -0.120. The Balaban J connectivity index is 2.34. The number of carbonyl (C=O) groups is 1. The summed E-state index contributed by atoms with van der Waals surface area (Å²) in [6.45, 7) is 7.16. The van der Waals surface area contributed by atoms with Crippen LogP contribution in [0.25, 0.3) is 0 Å². The number of carbonyl (C=O) groups excluding carboxylic acids is 1. The van der Waals surface area contributed by atoms with Gasteiger partial charge in [0.15, 0.2) is 0 Å². The van der Waals surface area contributed by atoms with Crippen LogP contribution in [-0.2, 0) is 4.79 Å². The average molecular weight is 266 g/mol. The van der Waals surface area contributed by atoms with E-state index in [9.17, 15) is 4.79 Å². The lowest BCUT2D eigenvalue weighted by Gasteiger charge is -2.10. The summed E-state index contributed by atoms with van der Waals surface area (Å²) in [4.78, 5) is 19.5. The molecule has 1 amide bonds. The first-order valence-corrected chi connectivity index (χ1v) is 6.61. The van der Waals surface area contributed by atoms with Crippen molar-refractivity contribution >= 4 is 11.7 Å². The van der Waals surface area contributed by atoms with Gasteiger partial charge < -0.3 is 15.4 Å². The molecule has 0 aromatic carbocycles. The summed E-state index contributed by atoms with van der Waals surface area (Å²) >= 11 is 0. The minimum atomic E-state index is 0.0436. The number of nitrogens with zero attached hydrogens (tertiary/aromatic N) is 2. The van der Waals surface area contributed by atoms with Crippen LogP contribution in [0.2, 0.25) is 0 Å². The van der Waals surface area contributed by atoms with Crippen molar-refractivity contribution in [3.63, 3.8) is 0 Å². The zero-order chi connectivity index (χ0) is 14.1. The second-order valence-corrected chi connectivity index (χ2v) is 4.43. The third-order valence-electron chi connectivity index (χ3n) is 2.23. The molecule has 6 nitrogen and oxygen atoms in total. The van der Waals surface area contributed by atoms with Crippen molar-refractivity contribution in [2.45, 2.75) is 39.7 Å². The minimum absolute atomic E-state index is 0.0436. The summed E-state index contributed by atoms with van der Waals surface area (Å²) in [6.07, 6.45) is 2.88. The van der Waals surface area contributed by atoms with E-state index in [0.717, 1.165) is 13.0 Å². The van der Waals surface area contributed by atoms with Crippen molar-refractivity contribution in [1.29, 1.82) is 0 Å². The highest BCUT2D eigenvalue weighted by atomic mass is 16.5. The van der Waals surface area contributed by atoms with Crippen LogP contribution in [-0.4, -0.2) is 35.1 Å². The number of ether oxygens (including phenoxy) is 1. The van der Waals surface area contributed by atoms with Gasteiger partial charge in [-0.05, 0) is 20.3 Å². The van der Waals surface area contributed by atoms with Crippen LogP contribution >= 0.6 is 0 Å². The van der Waals surface area contributed by atoms with Crippen molar-refractivity contribution in [1.82, 2.24) is 15.3 Å². The van der Waals surface area contributed by atoms with E-state index in [1.807, 2.05) is 20.8 Å². The fraction of sp³-hybridized carbons (Fsp3) is 0.615. The van der Waals surface area contributed by atoms with Crippen LogP contribution in [0.4, 0.5) is 5.82 Å². The molecule has 1 rings (SSSR count). The second-order valence-electron chi connectivity index (χ2n) is 4.43. The maximum atomic E-state index is 11.4.